The molecule has 0 aromatic heterocycles. The number of fused-ring (bicyclic) bond motifs is 1. The first-order valence-corrected chi connectivity index (χ1v) is 6.72. The monoisotopic (exact) mass is 240 g/mol. The van der Waals surface area contributed by atoms with Crippen molar-refractivity contribution < 1.29 is 9.53 Å². The SMILES string of the molecule is COCCNC(=O)[C@H]1C[C@H]2CCCC[C@H]2N1C. The number of amides is 1. The number of nitrogens with zero attached hydrogens (tertiary/aromatic N) is 1. The number of likely N-dealkylation sites (N-methyl/N-ethyl adjacent to an activating group) is 1. The van der Waals surface area contributed by atoms with Gasteiger partial charge in [0.1, 0.15) is 0 Å². The van der Waals surface area contributed by atoms with Crippen LogP contribution in [0.4, 0.5) is 0 Å². The number of nitrogens with one attached hydrogen (secondary N) is 1. The van der Waals surface area contributed by atoms with Crippen LogP contribution in [0.15, 0.2) is 0 Å². The Balaban J connectivity index is 1.86. The van der Waals surface area contributed by atoms with Gasteiger partial charge in [-0.25, -0.2) is 0 Å². The van der Waals surface area contributed by atoms with E-state index in [-0.39, 0.29) is 11.9 Å². The molecular formula is C13H24N2O2. The van der Waals surface area contributed by atoms with Crippen molar-refractivity contribution in [2.75, 3.05) is 27.3 Å². The highest BCUT2D eigenvalue weighted by atomic mass is 16.5. The van der Waals surface area contributed by atoms with Crippen LogP contribution in [-0.2, 0) is 9.53 Å². The molecule has 2 aliphatic rings. The number of methoxy groups -OCH3 is 1. The maximum Gasteiger partial charge on any atom is 0.237 e. The second-order valence-electron chi connectivity index (χ2n) is 5.31. The van der Waals surface area contributed by atoms with E-state index in [9.17, 15) is 4.79 Å². The van der Waals surface area contributed by atoms with Gasteiger partial charge in [0.25, 0.3) is 0 Å². The van der Waals surface area contributed by atoms with E-state index < -0.39 is 0 Å². The van der Waals surface area contributed by atoms with Gasteiger partial charge in [0.05, 0.1) is 12.6 Å². The number of likely N-dealkylation sites (tertiary alicyclic amines) is 1. The molecule has 0 radical (unpaired) electrons. The molecule has 1 aliphatic carbocycles. The lowest BCUT2D eigenvalue weighted by Gasteiger charge is -2.30. The molecule has 0 bridgehead atoms. The van der Waals surface area contributed by atoms with Gasteiger partial charge in [0.2, 0.25) is 5.91 Å². The zero-order valence-corrected chi connectivity index (χ0v) is 10.9. The van der Waals surface area contributed by atoms with E-state index in [1.54, 1.807) is 7.11 Å². The molecule has 17 heavy (non-hydrogen) atoms. The van der Waals surface area contributed by atoms with E-state index in [1.807, 2.05) is 0 Å². The molecule has 2 fully saturated rings. The minimum absolute atomic E-state index is 0.0833. The average Bonchev–Trinajstić information content (AvgIpc) is 2.68. The Morgan fingerprint density at radius 3 is 2.88 bits per heavy atom. The molecule has 0 aromatic rings. The maximum absolute atomic E-state index is 12.1. The van der Waals surface area contributed by atoms with Crippen LogP contribution in [0.25, 0.3) is 0 Å². The minimum atomic E-state index is 0.0833. The number of ether oxygens (including phenoxy) is 1. The molecule has 1 heterocycles. The summed E-state index contributed by atoms with van der Waals surface area (Å²) in [4.78, 5) is 14.4. The molecule has 4 nitrogen and oxygen atoms in total. The normalized spacial score (nSPS) is 33.4. The fourth-order valence-corrected chi connectivity index (χ4v) is 3.37. The zero-order chi connectivity index (χ0) is 12.3. The van der Waals surface area contributed by atoms with Crippen molar-refractivity contribution in [3.63, 3.8) is 0 Å². The van der Waals surface area contributed by atoms with E-state index >= 15 is 0 Å². The van der Waals surface area contributed by atoms with Crippen molar-refractivity contribution in [1.82, 2.24) is 10.2 Å². The molecule has 2 rings (SSSR count). The highest BCUT2D eigenvalue weighted by Crippen LogP contribution is 2.38. The third-order valence-electron chi connectivity index (χ3n) is 4.32. The smallest absolute Gasteiger partial charge is 0.237 e. The fourth-order valence-electron chi connectivity index (χ4n) is 3.37. The van der Waals surface area contributed by atoms with Crippen LogP contribution in [-0.4, -0.2) is 50.2 Å². The second-order valence-corrected chi connectivity index (χ2v) is 5.31. The van der Waals surface area contributed by atoms with Crippen LogP contribution in [0.3, 0.4) is 0 Å². The number of carbonyl (C=O) groups excluding carboxylic acids is 1. The summed E-state index contributed by atoms with van der Waals surface area (Å²) in [5.41, 5.74) is 0. The molecular weight excluding hydrogens is 216 g/mol. The summed E-state index contributed by atoms with van der Waals surface area (Å²) in [5, 5.41) is 2.96. The Morgan fingerprint density at radius 2 is 2.18 bits per heavy atom. The van der Waals surface area contributed by atoms with Gasteiger partial charge in [0.15, 0.2) is 0 Å². The Bertz CT molecular complexity index is 270. The van der Waals surface area contributed by atoms with Gasteiger partial charge in [-0.3, -0.25) is 9.69 Å². The predicted molar refractivity (Wildman–Crippen MR) is 66.8 cm³/mol. The summed E-state index contributed by atoms with van der Waals surface area (Å²) >= 11 is 0. The van der Waals surface area contributed by atoms with Crippen LogP contribution < -0.4 is 5.32 Å². The lowest BCUT2D eigenvalue weighted by atomic mass is 9.85. The third-order valence-corrected chi connectivity index (χ3v) is 4.32. The molecule has 4 heteroatoms. The summed E-state index contributed by atoms with van der Waals surface area (Å²) in [6.45, 7) is 1.21. The molecule has 1 saturated carbocycles. The van der Waals surface area contributed by atoms with Crippen LogP contribution in [0.1, 0.15) is 32.1 Å². The van der Waals surface area contributed by atoms with Gasteiger partial charge in [-0.05, 0) is 32.2 Å². The van der Waals surface area contributed by atoms with Gasteiger partial charge in [-0.15, -0.1) is 0 Å². The molecule has 0 spiro atoms. The maximum atomic E-state index is 12.1. The highest BCUT2D eigenvalue weighted by Gasteiger charge is 2.42. The molecule has 1 amide bonds. The minimum Gasteiger partial charge on any atom is -0.383 e. The van der Waals surface area contributed by atoms with E-state index in [0.717, 1.165) is 12.3 Å². The van der Waals surface area contributed by atoms with Crippen LogP contribution >= 0.6 is 0 Å². The summed E-state index contributed by atoms with van der Waals surface area (Å²) in [6.07, 6.45) is 6.27. The van der Waals surface area contributed by atoms with Crippen LogP contribution in [0.2, 0.25) is 0 Å². The zero-order valence-electron chi connectivity index (χ0n) is 10.9. The summed E-state index contributed by atoms with van der Waals surface area (Å²) < 4.78 is 4.95. The number of hydrogen-bond donors (Lipinski definition) is 1. The van der Waals surface area contributed by atoms with Crippen molar-refractivity contribution in [3.05, 3.63) is 0 Å². The van der Waals surface area contributed by atoms with Gasteiger partial charge < -0.3 is 10.1 Å². The Hall–Kier alpha value is -0.610. The number of carbonyl (C=O) groups is 1. The Labute approximate surface area is 104 Å². The second kappa shape index (κ2) is 5.83. The van der Waals surface area contributed by atoms with Crippen LogP contribution in [0.5, 0.6) is 0 Å². The van der Waals surface area contributed by atoms with E-state index in [4.69, 9.17) is 4.74 Å². The van der Waals surface area contributed by atoms with Gasteiger partial charge >= 0.3 is 0 Å². The fraction of sp³-hybridized carbons (Fsp3) is 0.923. The van der Waals surface area contributed by atoms with Crippen molar-refractivity contribution in [2.24, 2.45) is 5.92 Å². The first kappa shape index (κ1) is 12.8. The predicted octanol–water partition coefficient (Wildman–Crippen LogP) is 1.01. The molecule has 0 unspecified atom stereocenters. The van der Waals surface area contributed by atoms with E-state index in [1.165, 1.54) is 25.7 Å². The Kier molecular flexibility index (Phi) is 4.40. The van der Waals surface area contributed by atoms with Gasteiger partial charge in [-0.2, -0.15) is 0 Å². The summed E-state index contributed by atoms with van der Waals surface area (Å²) in [7, 11) is 3.76. The van der Waals surface area contributed by atoms with E-state index in [2.05, 4.69) is 17.3 Å². The quantitative estimate of drug-likeness (QED) is 0.746. The number of rotatable bonds is 4. The highest BCUT2D eigenvalue weighted by molar-refractivity contribution is 5.82. The molecule has 1 aliphatic heterocycles. The first-order valence-electron chi connectivity index (χ1n) is 6.72. The number of hydrogen-bond acceptors (Lipinski definition) is 3. The largest absolute Gasteiger partial charge is 0.383 e. The average molecular weight is 240 g/mol. The van der Waals surface area contributed by atoms with Crippen LogP contribution in [0, 0.1) is 5.92 Å². The molecule has 98 valence electrons. The van der Waals surface area contributed by atoms with Gasteiger partial charge in [0, 0.05) is 19.7 Å². The van der Waals surface area contributed by atoms with E-state index in [0.29, 0.717) is 19.2 Å². The lowest BCUT2D eigenvalue weighted by molar-refractivity contribution is -0.125. The molecule has 3 atom stereocenters. The standard InChI is InChI=1S/C13H24N2O2/c1-15-11-6-4-3-5-10(11)9-12(15)13(16)14-7-8-17-2/h10-12H,3-9H2,1-2H3,(H,14,16)/t10-,11-,12-/m1/s1. The Morgan fingerprint density at radius 1 is 1.41 bits per heavy atom. The molecule has 0 aromatic carbocycles. The first-order chi connectivity index (χ1) is 8.24. The van der Waals surface area contributed by atoms with Gasteiger partial charge in [-0.1, -0.05) is 12.8 Å². The molecule has 1 N–H and O–H groups in total. The summed E-state index contributed by atoms with van der Waals surface area (Å²) in [5.74, 6) is 0.922. The lowest BCUT2D eigenvalue weighted by Crippen LogP contribution is -2.45. The third kappa shape index (κ3) is 2.80. The molecule has 1 saturated heterocycles. The summed E-state index contributed by atoms with van der Waals surface area (Å²) in [6, 6.07) is 0.724. The van der Waals surface area contributed by atoms with Crippen molar-refractivity contribution >= 4 is 5.91 Å². The van der Waals surface area contributed by atoms with Crippen molar-refractivity contribution in [3.8, 4) is 0 Å². The topological polar surface area (TPSA) is 41.6 Å². The van der Waals surface area contributed by atoms with Crippen molar-refractivity contribution in [1.29, 1.82) is 0 Å². The van der Waals surface area contributed by atoms with Crippen molar-refractivity contribution in [2.45, 2.75) is 44.2 Å².